The van der Waals surface area contributed by atoms with Gasteiger partial charge in [-0.15, -0.1) is 10.2 Å². The predicted molar refractivity (Wildman–Crippen MR) is 75.8 cm³/mol. The van der Waals surface area contributed by atoms with Gasteiger partial charge in [-0.3, -0.25) is 0 Å². The molecule has 0 saturated carbocycles. The van der Waals surface area contributed by atoms with Crippen molar-refractivity contribution in [3.8, 4) is 5.75 Å². The second-order valence-electron chi connectivity index (χ2n) is 4.63. The first kappa shape index (κ1) is 12.6. The van der Waals surface area contributed by atoms with E-state index < -0.39 is 0 Å². The molecule has 1 aromatic carbocycles. The zero-order chi connectivity index (χ0) is 13.2. The Morgan fingerprint density at radius 1 is 1.42 bits per heavy atom. The number of rotatable bonds is 4. The van der Waals surface area contributed by atoms with Crippen LogP contribution < -0.4 is 10.1 Å². The summed E-state index contributed by atoms with van der Waals surface area (Å²) in [6.07, 6.45) is 1.02. The Kier molecular flexibility index (Phi) is 3.48. The van der Waals surface area contributed by atoms with Crippen LogP contribution in [0.1, 0.15) is 40.9 Å². The summed E-state index contributed by atoms with van der Waals surface area (Å²) in [6.45, 7) is 2.82. The van der Waals surface area contributed by atoms with Gasteiger partial charge in [-0.1, -0.05) is 36.5 Å². The standard InChI is InChI=1S/C14H17N3OS/c1-3-11(15-2)14-17-16-13(19-14)10-8-18-12-7-5-4-6-9(10)12/h4-7,10-11,15H,3,8H2,1-2H3. The molecule has 0 amide bonds. The van der Waals surface area contributed by atoms with E-state index in [4.69, 9.17) is 4.74 Å². The zero-order valence-electron chi connectivity index (χ0n) is 11.1. The highest BCUT2D eigenvalue weighted by molar-refractivity contribution is 7.11. The maximum absolute atomic E-state index is 5.71. The number of nitrogens with zero attached hydrogens (tertiary/aromatic N) is 2. The van der Waals surface area contributed by atoms with Crippen LogP contribution in [0.2, 0.25) is 0 Å². The lowest BCUT2D eigenvalue weighted by Crippen LogP contribution is -2.14. The maximum atomic E-state index is 5.71. The molecule has 2 heterocycles. The fraction of sp³-hybridized carbons (Fsp3) is 0.429. The fourth-order valence-electron chi connectivity index (χ4n) is 2.40. The molecule has 0 bridgehead atoms. The lowest BCUT2D eigenvalue weighted by molar-refractivity contribution is 0.342. The molecular weight excluding hydrogens is 258 g/mol. The molecule has 0 saturated heterocycles. The molecule has 4 nitrogen and oxygen atoms in total. The lowest BCUT2D eigenvalue weighted by Gasteiger charge is -2.08. The third-order valence-electron chi connectivity index (χ3n) is 3.51. The van der Waals surface area contributed by atoms with Crippen LogP contribution >= 0.6 is 11.3 Å². The van der Waals surface area contributed by atoms with Crippen LogP contribution in [-0.2, 0) is 0 Å². The summed E-state index contributed by atoms with van der Waals surface area (Å²) in [6, 6.07) is 8.47. The number of nitrogens with one attached hydrogen (secondary N) is 1. The van der Waals surface area contributed by atoms with Crippen molar-refractivity contribution in [1.82, 2.24) is 15.5 Å². The highest BCUT2D eigenvalue weighted by Gasteiger charge is 2.29. The van der Waals surface area contributed by atoms with Crippen LogP contribution in [0.25, 0.3) is 0 Å². The second-order valence-corrected chi connectivity index (χ2v) is 5.67. The van der Waals surface area contributed by atoms with Gasteiger partial charge in [0.25, 0.3) is 0 Å². The van der Waals surface area contributed by atoms with Gasteiger partial charge in [-0.25, -0.2) is 0 Å². The van der Waals surface area contributed by atoms with Gasteiger partial charge in [0.1, 0.15) is 22.4 Å². The second kappa shape index (κ2) is 5.27. The summed E-state index contributed by atoms with van der Waals surface area (Å²) in [7, 11) is 1.96. The Morgan fingerprint density at radius 2 is 2.26 bits per heavy atom. The Bertz CT molecular complexity index is 565. The summed E-state index contributed by atoms with van der Waals surface area (Å²) in [5.41, 5.74) is 1.22. The van der Waals surface area contributed by atoms with Crippen molar-refractivity contribution in [2.75, 3.05) is 13.7 Å². The van der Waals surface area contributed by atoms with Gasteiger partial charge in [-0.05, 0) is 19.5 Å². The first-order valence-corrected chi connectivity index (χ1v) is 7.37. The molecule has 19 heavy (non-hydrogen) atoms. The molecular formula is C14H17N3OS. The van der Waals surface area contributed by atoms with Crippen molar-refractivity contribution in [3.63, 3.8) is 0 Å². The Hall–Kier alpha value is -1.46. The van der Waals surface area contributed by atoms with Gasteiger partial charge < -0.3 is 10.1 Å². The Labute approximate surface area is 116 Å². The van der Waals surface area contributed by atoms with Gasteiger partial charge in [0.05, 0.1) is 12.0 Å². The Balaban J connectivity index is 1.88. The number of para-hydroxylation sites is 1. The molecule has 3 rings (SSSR count). The summed E-state index contributed by atoms with van der Waals surface area (Å²) >= 11 is 1.69. The maximum Gasteiger partial charge on any atom is 0.134 e. The summed E-state index contributed by atoms with van der Waals surface area (Å²) in [5, 5.41) is 14.1. The molecule has 2 atom stereocenters. The van der Waals surface area contributed by atoms with Crippen LogP contribution in [0.4, 0.5) is 0 Å². The smallest absolute Gasteiger partial charge is 0.134 e. The minimum absolute atomic E-state index is 0.233. The van der Waals surface area contributed by atoms with Gasteiger partial charge in [0, 0.05) is 5.56 Å². The van der Waals surface area contributed by atoms with E-state index in [-0.39, 0.29) is 5.92 Å². The van der Waals surface area contributed by atoms with Gasteiger partial charge in [0.15, 0.2) is 0 Å². The van der Waals surface area contributed by atoms with Crippen molar-refractivity contribution >= 4 is 11.3 Å². The molecule has 100 valence electrons. The van der Waals surface area contributed by atoms with E-state index in [1.807, 2.05) is 25.2 Å². The average Bonchev–Trinajstić information content (AvgIpc) is 3.06. The van der Waals surface area contributed by atoms with Crippen LogP contribution in [0, 0.1) is 0 Å². The first-order chi connectivity index (χ1) is 9.33. The van der Waals surface area contributed by atoms with E-state index >= 15 is 0 Å². The molecule has 0 fully saturated rings. The monoisotopic (exact) mass is 275 g/mol. The van der Waals surface area contributed by atoms with E-state index in [0.29, 0.717) is 12.6 Å². The van der Waals surface area contributed by atoms with Crippen molar-refractivity contribution in [2.45, 2.75) is 25.3 Å². The molecule has 0 aliphatic carbocycles. The van der Waals surface area contributed by atoms with Crippen LogP contribution in [0.15, 0.2) is 24.3 Å². The third kappa shape index (κ3) is 2.24. The number of ether oxygens (including phenoxy) is 1. The van der Waals surface area contributed by atoms with E-state index in [0.717, 1.165) is 22.2 Å². The fourth-order valence-corrected chi connectivity index (χ4v) is 3.54. The topological polar surface area (TPSA) is 47.0 Å². The molecule has 5 heteroatoms. The normalized spacial score (nSPS) is 18.9. The van der Waals surface area contributed by atoms with Crippen LogP contribution in [-0.4, -0.2) is 23.9 Å². The quantitative estimate of drug-likeness (QED) is 0.932. The molecule has 2 aromatic rings. The molecule has 1 N–H and O–H groups in total. The molecule has 1 aliphatic heterocycles. The van der Waals surface area contributed by atoms with Gasteiger partial charge >= 0.3 is 0 Å². The van der Waals surface area contributed by atoms with Crippen molar-refractivity contribution in [1.29, 1.82) is 0 Å². The molecule has 1 aromatic heterocycles. The largest absolute Gasteiger partial charge is 0.492 e. The third-order valence-corrected chi connectivity index (χ3v) is 4.66. The van der Waals surface area contributed by atoms with E-state index in [2.05, 4.69) is 28.5 Å². The molecule has 1 aliphatic rings. The average molecular weight is 275 g/mol. The number of benzene rings is 1. The number of aromatic nitrogens is 2. The first-order valence-electron chi connectivity index (χ1n) is 6.55. The summed E-state index contributed by atoms with van der Waals surface area (Å²) in [5.74, 6) is 1.21. The van der Waals surface area contributed by atoms with Crippen LogP contribution in [0.3, 0.4) is 0 Å². The van der Waals surface area contributed by atoms with Gasteiger partial charge in [-0.2, -0.15) is 0 Å². The lowest BCUT2D eigenvalue weighted by atomic mass is 10.0. The van der Waals surface area contributed by atoms with Crippen molar-refractivity contribution in [3.05, 3.63) is 39.8 Å². The SMILES string of the molecule is CCC(NC)c1nnc(C2COc3ccccc32)s1. The van der Waals surface area contributed by atoms with E-state index in [9.17, 15) is 0 Å². The highest BCUT2D eigenvalue weighted by Crippen LogP contribution is 2.39. The zero-order valence-corrected chi connectivity index (χ0v) is 11.9. The number of hydrogen-bond acceptors (Lipinski definition) is 5. The highest BCUT2D eigenvalue weighted by atomic mass is 32.1. The predicted octanol–water partition coefficient (Wildman–Crippen LogP) is 2.73. The van der Waals surface area contributed by atoms with Crippen molar-refractivity contribution < 1.29 is 4.74 Å². The van der Waals surface area contributed by atoms with Crippen LogP contribution in [0.5, 0.6) is 5.75 Å². The molecule has 2 unspecified atom stereocenters. The van der Waals surface area contributed by atoms with E-state index in [1.165, 1.54) is 5.56 Å². The van der Waals surface area contributed by atoms with Crippen molar-refractivity contribution in [2.24, 2.45) is 0 Å². The Morgan fingerprint density at radius 3 is 3.05 bits per heavy atom. The van der Waals surface area contributed by atoms with E-state index in [1.54, 1.807) is 11.3 Å². The van der Waals surface area contributed by atoms with Gasteiger partial charge in [0.2, 0.25) is 0 Å². The molecule has 0 spiro atoms. The number of hydrogen-bond donors (Lipinski definition) is 1. The summed E-state index contributed by atoms with van der Waals surface area (Å²) in [4.78, 5) is 0. The minimum atomic E-state index is 0.233. The number of fused-ring (bicyclic) bond motifs is 1. The summed E-state index contributed by atoms with van der Waals surface area (Å²) < 4.78 is 5.71. The minimum Gasteiger partial charge on any atom is -0.492 e. The molecule has 0 radical (unpaired) electrons.